The van der Waals surface area contributed by atoms with Crippen LogP contribution in [0.5, 0.6) is 0 Å². The monoisotopic (exact) mass is 338 g/mol. The lowest BCUT2D eigenvalue weighted by atomic mass is 10.2. The third kappa shape index (κ3) is 4.05. The molecule has 2 aromatic rings. The van der Waals surface area contributed by atoms with Crippen LogP contribution in [0.1, 0.15) is 29.4 Å². The van der Waals surface area contributed by atoms with Crippen molar-refractivity contribution in [3.05, 3.63) is 45.0 Å². The number of nitrogens with zero attached hydrogens (tertiary/aromatic N) is 2. The fraction of sp³-hybridized carbons (Fsp3) is 0.286. The molecular formula is C14H14N2O4S2. The Balaban J connectivity index is 2.27. The number of carbonyl (C=O) groups is 1. The molecule has 0 aliphatic rings. The van der Waals surface area contributed by atoms with Crippen molar-refractivity contribution >= 4 is 34.8 Å². The molecule has 1 aromatic heterocycles. The fourth-order valence-electron chi connectivity index (χ4n) is 1.62. The minimum absolute atomic E-state index is 0.121. The topological polar surface area (TPSA) is 82.3 Å². The zero-order valence-corrected chi connectivity index (χ0v) is 13.7. The molecule has 2 rings (SSSR count). The first-order valence-electron chi connectivity index (χ1n) is 6.56. The molecule has 0 bridgehead atoms. The van der Waals surface area contributed by atoms with E-state index >= 15 is 0 Å². The Kier molecular flexibility index (Phi) is 5.51. The Hall–Kier alpha value is -1.93. The van der Waals surface area contributed by atoms with Crippen molar-refractivity contribution in [1.29, 1.82) is 0 Å². The first-order chi connectivity index (χ1) is 10.5. The zero-order chi connectivity index (χ0) is 16.1. The van der Waals surface area contributed by atoms with Gasteiger partial charge in [0.15, 0.2) is 4.34 Å². The van der Waals surface area contributed by atoms with E-state index in [2.05, 4.69) is 4.98 Å². The number of carbonyl (C=O) groups excluding carboxylic acids is 1. The quantitative estimate of drug-likeness (QED) is 0.448. The molecular weight excluding hydrogens is 324 g/mol. The van der Waals surface area contributed by atoms with Gasteiger partial charge in [-0.05, 0) is 25.5 Å². The van der Waals surface area contributed by atoms with E-state index in [0.29, 0.717) is 17.9 Å². The fourth-order valence-corrected chi connectivity index (χ4v) is 3.50. The summed E-state index contributed by atoms with van der Waals surface area (Å²) < 4.78 is 5.72. The van der Waals surface area contributed by atoms with Crippen LogP contribution < -0.4 is 0 Å². The Morgan fingerprint density at radius 3 is 2.86 bits per heavy atom. The Morgan fingerprint density at radius 1 is 1.50 bits per heavy atom. The minimum Gasteiger partial charge on any atom is -0.462 e. The van der Waals surface area contributed by atoms with Gasteiger partial charge < -0.3 is 4.74 Å². The molecule has 0 saturated carbocycles. The van der Waals surface area contributed by atoms with Crippen molar-refractivity contribution in [3.8, 4) is 0 Å². The molecule has 1 heterocycles. The third-order valence-corrected chi connectivity index (χ3v) is 4.75. The van der Waals surface area contributed by atoms with Crippen LogP contribution in [0, 0.1) is 17.0 Å². The van der Waals surface area contributed by atoms with E-state index in [1.54, 1.807) is 6.07 Å². The summed E-state index contributed by atoms with van der Waals surface area (Å²) in [5.41, 5.74) is 0.929. The summed E-state index contributed by atoms with van der Waals surface area (Å²) in [6.45, 7) is 4.04. The van der Waals surface area contributed by atoms with Crippen LogP contribution in [0.15, 0.2) is 32.8 Å². The van der Waals surface area contributed by atoms with E-state index in [-0.39, 0.29) is 11.3 Å². The molecule has 0 spiro atoms. The van der Waals surface area contributed by atoms with Crippen molar-refractivity contribution < 1.29 is 14.5 Å². The Bertz CT molecular complexity index is 700. The molecule has 22 heavy (non-hydrogen) atoms. The van der Waals surface area contributed by atoms with Gasteiger partial charge >= 0.3 is 5.97 Å². The molecule has 0 aliphatic heterocycles. The van der Waals surface area contributed by atoms with Gasteiger partial charge in [0.2, 0.25) is 0 Å². The van der Waals surface area contributed by atoms with Gasteiger partial charge in [0.05, 0.1) is 22.0 Å². The lowest BCUT2D eigenvalue weighted by molar-refractivity contribution is -0.387. The first-order valence-corrected chi connectivity index (χ1v) is 8.26. The molecule has 0 N–H and O–H groups in total. The number of aromatic nitrogens is 1. The van der Waals surface area contributed by atoms with Crippen LogP contribution in [0.25, 0.3) is 0 Å². The summed E-state index contributed by atoms with van der Waals surface area (Å²) in [4.78, 5) is 27.2. The number of nitro benzene ring substituents is 1. The summed E-state index contributed by atoms with van der Waals surface area (Å²) in [6, 6.07) is 4.34. The van der Waals surface area contributed by atoms with E-state index in [4.69, 9.17) is 4.74 Å². The standard InChI is InChI=1S/C14H14N2O4S2/c1-3-6-20-13(17)10-4-5-12(11(7-10)16(18)19)22-14-15-9(2)8-21-14/h4-5,7-8H,3,6H2,1-2H3. The van der Waals surface area contributed by atoms with Gasteiger partial charge in [0, 0.05) is 17.1 Å². The number of ether oxygens (including phenoxy) is 1. The average molecular weight is 338 g/mol. The van der Waals surface area contributed by atoms with Crippen LogP contribution in [-0.4, -0.2) is 22.5 Å². The summed E-state index contributed by atoms with van der Waals surface area (Å²) >= 11 is 2.64. The largest absolute Gasteiger partial charge is 0.462 e. The summed E-state index contributed by atoms with van der Waals surface area (Å²) in [6.07, 6.45) is 0.700. The van der Waals surface area contributed by atoms with Crippen LogP contribution in [0.4, 0.5) is 5.69 Å². The van der Waals surface area contributed by atoms with Crippen LogP contribution >= 0.6 is 23.1 Å². The molecule has 0 unspecified atom stereocenters. The smallest absolute Gasteiger partial charge is 0.338 e. The van der Waals surface area contributed by atoms with Gasteiger partial charge in [-0.15, -0.1) is 11.3 Å². The lowest BCUT2D eigenvalue weighted by Crippen LogP contribution is -2.06. The van der Waals surface area contributed by atoms with Crippen molar-refractivity contribution in [2.45, 2.75) is 29.5 Å². The number of esters is 1. The number of nitro groups is 1. The highest BCUT2D eigenvalue weighted by Gasteiger charge is 2.20. The van der Waals surface area contributed by atoms with E-state index in [0.717, 1.165) is 10.0 Å². The number of thiazole rings is 1. The van der Waals surface area contributed by atoms with E-state index in [1.807, 2.05) is 19.2 Å². The van der Waals surface area contributed by atoms with E-state index in [9.17, 15) is 14.9 Å². The third-order valence-electron chi connectivity index (χ3n) is 2.62. The molecule has 116 valence electrons. The second-order valence-corrected chi connectivity index (χ2v) is 6.58. The van der Waals surface area contributed by atoms with Crippen molar-refractivity contribution in [2.24, 2.45) is 0 Å². The van der Waals surface area contributed by atoms with Gasteiger partial charge in [-0.25, -0.2) is 9.78 Å². The highest BCUT2D eigenvalue weighted by atomic mass is 32.2. The molecule has 0 saturated heterocycles. The van der Waals surface area contributed by atoms with Crippen LogP contribution in [-0.2, 0) is 4.74 Å². The number of hydrogen-bond acceptors (Lipinski definition) is 7. The second kappa shape index (κ2) is 7.37. The second-order valence-electron chi connectivity index (χ2n) is 4.43. The molecule has 0 amide bonds. The number of rotatable bonds is 6. The predicted molar refractivity (Wildman–Crippen MR) is 84.6 cm³/mol. The molecule has 0 atom stereocenters. The molecule has 8 heteroatoms. The first kappa shape index (κ1) is 16.4. The summed E-state index contributed by atoms with van der Waals surface area (Å²) in [5.74, 6) is -0.549. The molecule has 1 aromatic carbocycles. The van der Waals surface area contributed by atoms with Gasteiger partial charge in [-0.2, -0.15) is 0 Å². The normalized spacial score (nSPS) is 10.5. The summed E-state index contributed by atoms with van der Waals surface area (Å²) in [7, 11) is 0. The van der Waals surface area contributed by atoms with Crippen LogP contribution in [0.3, 0.4) is 0 Å². The van der Waals surface area contributed by atoms with Gasteiger partial charge in [-0.3, -0.25) is 10.1 Å². The molecule has 0 fully saturated rings. The highest BCUT2D eigenvalue weighted by molar-refractivity contribution is 8.01. The minimum atomic E-state index is -0.549. The van der Waals surface area contributed by atoms with E-state index in [1.165, 1.54) is 35.2 Å². The van der Waals surface area contributed by atoms with Crippen molar-refractivity contribution in [2.75, 3.05) is 6.61 Å². The highest BCUT2D eigenvalue weighted by Crippen LogP contribution is 2.36. The SMILES string of the molecule is CCCOC(=O)c1ccc(Sc2nc(C)cs2)c([N+](=O)[O-])c1. The van der Waals surface area contributed by atoms with Gasteiger partial charge in [0.1, 0.15) is 0 Å². The maximum atomic E-state index is 11.8. The maximum absolute atomic E-state index is 11.8. The number of benzene rings is 1. The number of hydrogen-bond donors (Lipinski definition) is 0. The zero-order valence-electron chi connectivity index (χ0n) is 12.1. The Morgan fingerprint density at radius 2 is 2.27 bits per heavy atom. The van der Waals surface area contributed by atoms with Crippen molar-refractivity contribution in [1.82, 2.24) is 4.98 Å². The summed E-state index contributed by atoms with van der Waals surface area (Å²) in [5, 5.41) is 13.1. The Labute approximate surface area is 135 Å². The van der Waals surface area contributed by atoms with E-state index < -0.39 is 10.9 Å². The molecule has 0 radical (unpaired) electrons. The maximum Gasteiger partial charge on any atom is 0.338 e. The van der Waals surface area contributed by atoms with Gasteiger partial charge in [0.25, 0.3) is 5.69 Å². The predicted octanol–water partition coefficient (Wildman–Crippen LogP) is 4.08. The van der Waals surface area contributed by atoms with Crippen molar-refractivity contribution in [3.63, 3.8) is 0 Å². The molecule has 0 aliphatic carbocycles. The number of aryl methyl sites for hydroxylation is 1. The average Bonchev–Trinajstić information content (AvgIpc) is 2.90. The molecule has 6 nitrogen and oxygen atoms in total. The van der Waals surface area contributed by atoms with Gasteiger partial charge in [-0.1, -0.05) is 18.7 Å². The lowest BCUT2D eigenvalue weighted by Gasteiger charge is -2.05. The van der Waals surface area contributed by atoms with Crippen LogP contribution in [0.2, 0.25) is 0 Å².